The van der Waals surface area contributed by atoms with Crippen molar-refractivity contribution in [1.82, 2.24) is 9.47 Å². The zero-order valence-electron chi connectivity index (χ0n) is 23.4. The number of benzene rings is 1. The molecule has 1 saturated heterocycles. The van der Waals surface area contributed by atoms with E-state index in [4.69, 9.17) is 15.2 Å². The van der Waals surface area contributed by atoms with Crippen LogP contribution in [0.4, 0.5) is 15.3 Å². The summed E-state index contributed by atoms with van der Waals surface area (Å²) in [5.41, 5.74) is 8.31. The van der Waals surface area contributed by atoms with Gasteiger partial charge in [0.1, 0.15) is 5.60 Å². The molecule has 1 aromatic carbocycles. The normalized spacial score (nSPS) is 18.0. The van der Waals surface area contributed by atoms with Gasteiger partial charge >= 0.3 is 18.1 Å². The Balaban J connectivity index is 1.42. The lowest BCUT2D eigenvalue weighted by Crippen LogP contribution is -2.46. The molecule has 0 bridgehead atoms. The Hall–Kier alpha value is -3.23. The van der Waals surface area contributed by atoms with Gasteiger partial charge in [0.25, 0.3) is 0 Å². The third kappa shape index (κ3) is 5.92. The number of hydrogen-bond donors (Lipinski definition) is 1. The minimum atomic E-state index is -0.592. The highest BCUT2D eigenvalue weighted by Gasteiger charge is 2.40. The van der Waals surface area contributed by atoms with Crippen molar-refractivity contribution in [3.8, 4) is 0 Å². The van der Waals surface area contributed by atoms with Gasteiger partial charge in [0, 0.05) is 48.5 Å². The van der Waals surface area contributed by atoms with Crippen molar-refractivity contribution in [2.24, 2.45) is 11.1 Å². The average Bonchev–Trinajstić information content (AvgIpc) is 3.30. The van der Waals surface area contributed by atoms with Crippen LogP contribution in [0.5, 0.6) is 0 Å². The smallest absolute Gasteiger partial charge is 0.410 e. The monoisotopic (exact) mass is 526 g/mol. The molecule has 4 rings (SSSR count). The van der Waals surface area contributed by atoms with Gasteiger partial charge in [-0.3, -0.25) is 9.69 Å². The summed E-state index contributed by atoms with van der Waals surface area (Å²) in [6, 6.07) is 5.91. The molecule has 0 radical (unpaired) electrons. The van der Waals surface area contributed by atoms with Gasteiger partial charge in [-0.15, -0.1) is 0 Å². The fourth-order valence-corrected chi connectivity index (χ4v) is 6.12. The van der Waals surface area contributed by atoms with Crippen LogP contribution in [-0.2, 0) is 14.3 Å². The molecular weight excluding hydrogens is 484 g/mol. The number of carbonyl (C=O) groups is 3. The van der Waals surface area contributed by atoms with Gasteiger partial charge in [-0.25, -0.2) is 9.59 Å². The van der Waals surface area contributed by atoms with Gasteiger partial charge in [-0.1, -0.05) is 0 Å². The third-order valence-electron chi connectivity index (χ3n) is 8.35. The molecule has 1 aliphatic heterocycles. The predicted octanol–water partition coefficient (Wildman–Crippen LogP) is 5.53. The Kier molecular flexibility index (Phi) is 7.95. The van der Waals surface area contributed by atoms with Crippen molar-refractivity contribution < 1.29 is 23.9 Å². The van der Waals surface area contributed by atoms with Crippen LogP contribution < -0.4 is 10.6 Å². The van der Waals surface area contributed by atoms with Gasteiger partial charge in [0.2, 0.25) is 0 Å². The van der Waals surface area contributed by atoms with Crippen molar-refractivity contribution in [3.63, 3.8) is 0 Å². The van der Waals surface area contributed by atoms with E-state index in [0.29, 0.717) is 17.1 Å². The number of aromatic nitrogens is 1. The number of nitrogens with two attached hydrogens (primary N) is 1. The number of aryl methyl sites for hydroxylation is 1. The molecule has 2 fully saturated rings. The van der Waals surface area contributed by atoms with E-state index in [1.807, 2.05) is 38.7 Å². The Morgan fingerprint density at radius 2 is 1.74 bits per heavy atom. The lowest BCUT2D eigenvalue weighted by molar-refractivity contribution is -0.140. The summed E-state index contributed by atoms with van der Waals surface area (Å²) in [5.74, 6) is -0.383. The summed E-state index contributed by atoms with van der Waals surface area (Å²) in [7, 11) is 1.33. The molecule has 0 unspecified atom stereocenters. The number of piperidine rings is 1. The summed E-state index contributed by atoms with van der Waals surface area (Å²) in [6.07, 6.45) is 8.60. The Morgan fingerprint density at radius 3 is 2.32 bits per heavy atom. The van der Waals surface area contributed by atoms with Crippen LogP contribution in [0.25, 0.3) is 10.9 Å². The second-order valence-corrected chi connectivity index (χ2v) is 11.9. The van der Waals surface area contributed by atoms with Gasteiger partial charge in [0.15, 0.2) is 0 Å². The number of rotatable bonds is 5. The van der Waals surface area contributed by atoms with Gasteiger partial charge < -0.3 is 24.7 Å². The topological polar surface area (TPSA) is 107 Å². The zero-order chi connectivity index (χ0) is 27.7. The quantitative estimate of drug-likeness (QED) is 0.516. The first-order valence-electron chi connectivity index (χ1n) is 13.6. The highest BCUT2D eigenvalue weighted by atomic mass is 16.6. The van der Waals surface area contributed by atoms with Crippen molar-refractivity contribution in [1.29, 1.82) is 0 Å². The molecule has 0 atom stereocenters. The lowest BCUT2D eigenvalue weighted by atomic mass is 9.67. The first kappa shape index (κ1) is 27.8. The maximum Gasteiger partial charge on any atom is 0.410 e. The molecule has 208 valence electrons. The molecule has 1 aliphatic carbocycles. The number of carbonyl (C=O) groups excluding carboxylic acids is 3. The van der Waals surface area contributed by atoms with Crippen LogP contribution in [0, 0.1) is 12.3 Å². The SMILES string of the molecule is COC(=O)CCN(C(N)=O)c1ccc2c(ccn2C2CCC3(CC2)CCN(C(=O)OC(C)(C)C)CC3)c1C. The van der Waals surface area contributed by atoms with Crippen LogP contribution in [0.15, 0.2) is 24.4 Å². The Morgan fingerprint density at radius 1 is 1.08 bits per heavy atom. The molecule has 1 spiro atoms. The Labute approximate surface area is 225 Å². The first-order valence-corrected chi connectivity index (χ1v) is 13.6. The van der Waals surface area contributed by atoms with Gasteiger partial charge in [0.05, 0.1) is 13.5 Å². The molecule has 2 aromatic rings. The summed E-state index contributed by atoms with van der Waals surface area (Å²) >= 11 is 0. The summed E-state index contributed by atoms with van der Waals surface area (Å²) in [5, 5.41) is 1.08. The van der Waals surface area contributed by atoms with Crippen LogP contribution >= 0.6 is 0 Å². The molecule has 1 saturated carbocycles. The summed E-state index contributed by atoms with van der Waals surface area (Å²) in [4.78, 5) is 39.6. The summed E-state index contributed by atoms with van der Waals surface area (Å²) < 4.78 is 12.7. The summed E-state index contributed by atoms with van der Waals surface area (Å²) in [6.45, 7) is 9.41. The number of ether oxygens (including phenoxy) is 2. The van der Waals surface area contributed by atoms with Crippen molar-refractivity contribution in [2.75, 3.05) is 31.6 Å². The second kappa shape index (κ2) is 10.9. The standard InChI is InChI=1S/C29H42N4O5/c1-20-22-10-16-32(24(22)7-6-23(20)33(26(30)35)17-11-25(34)37-5)21-8-12-29(13-9-21)14-18-31(19-15-29)27(36)38-28(2,3)4/h6-7,10,16,21H,8-9,11-15,17-19H2,1-5H3,(H2,30,35). The van der Waals surface area contributed by atoms with E-state index in [-0.39, 0.29) is 25.0 Å². The van der Waals surface area contributed by atoms with Gasteiger partial charge in [-0.05, 0) is 95.4 Å². The number of amides is 3. The number of primary amides is 1. The van der Waals surface area contributed by atoms with Crippen molar-refractivity contribution >= 4 is 34.7 Å². The van der Waals surface area contributed by atoms with Crippen LogP contribution in [-0.4, -0.2) is 59.9 Å². The van der Waals surface area contributed by atoms with Crippen molar-refractivity contribution in [2.45, 2.75) is 84.3 Å². The number of nitrogens with zero attached hydrogens (tertiary/aromatic N) is 3. The number of urea groups is 1. The number of esters is 1. The molecular formula is C29H42N4O5. The minimum Gasteiger partial charge on any atom is -0.469 e. The molecule has 2 N–H and O–H groups in total. The maximum absolute atomic E-state index is 12.5. The first-order chi connectivity index (χ1) is 17.9. The number of methoxy groups -OCH3 is 1. The second-order valence-electron chi connectivity index (χ2n) is 11.9. The van der Waals surface area contributed by atoms with Crippen LogP contribution in [0.1, 0.15) is 77.3 Å². The molecule has 1 aromatic heterocycles. The molecule has 3 amide bonds. The van der Waals surface area contributed by atoms with E-state index in [1.165, 1.54) is 12.0 Å². The number of likely N-dealkylation sites (tertiary alicyclic amines) is 1. The number of hydrogen-bond acceptors (Lipinski definition) is 5. The maximum atomic E-state index is 12.5. The van der Waals surface area contributed by atoms with E-state index in [9.17, 15) is 14.4 Å². The highest BCUT2D eigenvalue weighted by Crippen LogP contribution is 2.48. The average molecular weight is 527 g/mol. The fourth-order valence-electron chi connectivity index (χ4n) is 6.12. The fraction of sp³-hybridized carbons (Fsp3) is 0.621. The van der Waals surface area contributed by atoms with E-state index in [1.54, 1.807) is 0 Å². The molecule has 9 nitrogen and oxygen atoms in total. The van der Waals surface area contributed by atoms with Gasteiger partial charge in [-0.2, -0.15) is 0 Å². The van der Waals surface area contributed by atoms with E-state index in [0.717, 1.165) is 68.1 Å². The molecule has 9 heteroatoms. The molecule has 2 aliphatic rings. The lowest BCUT2D eigenvalue weighted by Gasteiger charge is -2.46. The van der Waals surface area contributed by atoms with Crippen LogP contribution in [0.2, 0.25) is 0 Å². The molecule has 2 heterocycles. The van der Waals surface area contributed by atoms with Crippen LogP contribution in [0.3, 0.4) is 0 Å². The van der Waals surface area contributed by atoms with E-state index in [2.05, 4.69) is 22.9 Å². The highest BCUT2D eigenvalue weighted by molar-refractivity contribution is 5.97. The zero-order valence-corrected chi connectivity index (χ0v) is 23.4. The third-order valence-corrected chi connectivity index (χ3v) is 8.35. The predicted molar refractivity (Wildman–Crippen MR) is 147 cm³/mol. The van der Waals surface area contributed by atoms with E-state index >= 15 is 0 Å². The Bertz CT molecular complexity index is 1180. The molecule has 38 heavy (non-hydrogen) atoms. The van der Waals surface area contributed by atoms with E-state index < -0.39 is 11.6 Å². The minimum absolute atomic E-state index is 0.0806. The largest absolute Gasteiger partial charge is 0.469 e. The number of fused-ring (bicyclic) bond motifs is 1. The van der Waals surface area contributed by atoms with Crippen molar-refractivity contribution in [3.05, 3.63) is 30.0 Å². The number of anilines is 1.